The molecule has 4 aromatic rings. The van der Waals surface area contributed by atoms with Gasteiger partial charge in [-0.05, 0) is 31.9 Å². The molecule has 0 amide bonds. The van der Waals surface area contributed by atoms with Crippen LogP contribution in [0.3, 0.4) is 0 Å². The number of aryl methyl sites for hydroxylation is 3. The molecule has 0 fully saturated rings. The number of hydrogen-bond donors (Lipinski definition) is 1. The second-order valence-electron chi connectivity index (χ2n) is 7.60. The minimum atomic E-state index is 0.0488. The number of rotatable bonds is 6. The van der Waals surface area contributed by atoms with E-state index < -0.39 is 0 Å². The fraction of sp³-hybridized carbons (Fsp3) is 0.364. The van der Waals surface area contributed by atoms with E-state index in [0.717, 1.165) is 65.6 Å². The first kappa shape index (κ1) is 18.7. The number of nitrogens with zero attached hydrogens (tertiary/aromatic N) is 6. The normalized spacial score (nSPS) is 13.0. The summed E-state index contributed by atoms with van der Waals surface area (Å²) in [5.41, 5.74) is 7.19. The highest BCUT2D eigenvalue weighted by molar-refractivity contribution is 5.79. The molecule has 0 saturated heterocycles. The van der Waals surface area contributed by atoms with Gasteiger partial charge in [0.25, 0.3) is 0 Å². The number of aliphatic hydroxyl groups excluding tert-OH is 1. The molecule has 1 aliphatic heterocycles. The van der Waals surface area contributed by atoms with Crippen LogP contribution in [-0.2, 0) is 25.8 Å². The minimum absolute atomic E-state index is 0.0488. The molecule has 3 aromatic heterocycles. The number of ether oxygens (including phenoxy) is 1. The molecule has 0 bridgehead atoms. The highest BCUT2D eigenvalue weighted by Crippen LogP contribution is 2.31. The average molecular weight is 404 g/mol. The minimum Gasteiger partial charge on any atom is -0.493 e. The third-order valence-corrected chi connectivity index (χ3v) is 5.83. The Morgan fingerprint density at radius 2 is 2.10 bits per heavy atom. The molecule has 0 saturated carbocycles. The van der Waals surface area contributed by atoms with Gasteiger partial charge in [0, 0.05) is 41.4 Å². The Labute approximate surface area is 174 Å². The van der Waals surface area contributed by atoms with Crippen LogP contribution in [0.2, 0.25) is 0 Å². The van der Waals surface area contributed by atoms with Gasteiger partial charge >= 0.3 is 0 Å². The van der Waals surface area contributed by atoms with Gasteiger partial charge in [0.15, 0.2) is 5.65 Å². The van der Waals surface area contributed by atoms with E-state index >= 15 is 0 Å². The van der Waals surface area contributed by atoms with Crippen molar-refractivity contribution in [3.8, 4) is 16.9 Å². The molecule has 1 aromatic carbocycles. The van der Waals surface area contributed by atoms with Crippen LogP contribution in [0.5, 0.6) is 5.75 Å². The molecule has 8 heteroatoms. The molecule has 8 nitrogen and oxygen atoms in total. The van der Waals surface area contributed by atoms with Crippen molar-refractivity contribution in [1.82, 2.24) is 29.4 Å². The molecular formula is C22H24N6O2. The molecule has 154 valence electrons. The largest absolute Gasteiger partial charge is 0.493 e. The summed E-state index contributed by atoms with van der Waals surface area (Å²) in [7, 11) is 0. The van der Waals surface area contributed by atoms with E-state index in [1.807, 2.05) is 35.2 Å². The van der Waals surface area contributed by atoms with Gasteiger partial charge in [-0.1, -0.05) is 12.1 Å². The molecule has 1 aliphatic rings. The van der Waals surface area contributed by atoms with Crippen molar-refractivity contribution in [3.63, 3.8) is 0 Å². The number of fused-ring (bicyclic) bond motifs is 2. The molecule has 5 rings (SSSR count). The Bertz CT molecular complexity index is 1230. The molecule has 1 N–H and O–H groups in total. The zero-order valence-electron chi connectivity index (χ0n) is 17.2. The molecular weight excluding hydrogens is 380 g/mol. The SMILES string of the molecule is Cc1nn(CCO)c(C)c1-c1cnc(CCc2cccc3c2CCO3)n2cnnc12. The number of aromatic nitrogens is 6. The van der Waals surface area contributed by atoms with Gasteiger partial charge in [-0.2, -0.15) is 5.10 Å². The second-order valence-corrected chi connectivity index (χ2v) is 7.60. The zero-order valence-corrected chi connectivity index (χ0v) is 17.2. The van der Waals surface area contributed by atoms with Crippen LogP contribution in [0.4, 0.5) is 0 Å². The van der Waals surface area contributed by atoms with E-state index in [1.165, 1.54) is 11.1 Å². The summed E-state index contributed by atoms with van der Waals surface area (Å²) in [6.45, 7) is 5.25. The second kappa shape index (κ2) is 7.53. The first-order chi connectivity index (χ1) is 14.7. The van der Waals surface area contributed by atoms with Crippen molar-refractivity contribution < 1.29 is 9.84 Å². The quantitative estimate of drug-likeness (QED) is 0.530. The summed E-state index contributed by atoms with van der Waals surface area (Å²) in [5.74, 6) is 1.93. The predicted octanol–water partition coefficient (Wildman–Crippen LogP) is 2.32. The number of benzene rings is 1. The molecule has 0 aliphatic carbocycles. The summed E-state index contributed by atoms with van der Waals surface area (Å²) >= 11 is 0. The van der Waals surface area contributed by atoms with Crippen LogP contribution in [0, 0.1) is 13.8 Å². The van der Waals surface area contributed by atoms with Gasteiger partial charge in [-0.15, -0.1) is 10.2 Å². The van der Waals surface area contributed by atoms with Crippen LogP contribution in [-0.4, -0.2) is 47.7 Å². The molecule has 30 heavy (non-hydrogen) atoms. The molecule has 0 spiro atoms. The van der Waals surface area contributed by atoms with E-state index in [0.29, 0.717) is 6.54 Å². The van der Waals surface area contributed by atoms with Crippen molar-refractivity contribution in [1.29, 1.82) is 0 Å². The Hall–Kier alpha value is -3.26. The Kier molecular flexibility index (Phi) is 4.71. The van der Waals surface area contributed by atoms with Crippen LogP contribution in [0.25, 0.3) is 16.8 Å². The van der Waals surface area contributed by atoms with Crippen LogP contribution in [0.15, 0.2) is 30.7 Å². The lowest BCUT2D eigenvalue weighted by atomic mass is 10.0. The number of aliphatic hydroxyl groups is 1. The van der Waals surface area contributed by atoms with E-state index in [-0.39, 0.29) is 6.61 Å². The van der Waals surface area contributed by atoms with Gasteiger partial charge in [-0.3, -0.25) is 9.08 Å². The first-order valence-electron chi connectivity index (χ1n) is 10.2. The van der Waals surface area contributed by atoms with Gasteiger partial charge in [0.1, 0.15) is 17.9 Å². The fourth-order valence-corrected chi connectivity index (χ4v) is 4.40. The summed E-state index contributed by atoms with van der Waals surface area (Å²) in [4.78, 5) is 4.77. The maximum absolute atomic E-state index is 9.29. The van der Waals surface area contributed by atoms with Crippen molar-refractivity contribution in [2.24, 2.45) is 0 Å². The summed E-state index contributed by atoms with van der Waals surface area (Å²) in [6, 6.07) is 6.27. The maximum Gasteiger partial charge on any atom is 0.171 e. The molecule has 4 heterocycles. The van der Waals surface area contributed by atoms with E-state index in [2.05, 4.69) is 27.4 Å². The van der Waals surface area contributed by atoms with E-state index in [1.54, 1.807) is 6.33 Å². The Balaban J connectivity index is 1.49. The summed E-state index contributed by atoms with van der Waals surface area (Å²) in [5, 5.41) is 22.4. The third kappa shape index (κ3) is 3.04. The lowest BCUT2D eigenvalue weighted by molar-refractivity contribution is 0.268. The van der Waals surface area contributed by atoms with Crippen molar-refractivity contribution in [3.05, 3.63) is 59.1 Å². The molecule has 0 radical (unpaired) electrons. The Morgan fingerprint density at radius 3 is 2.97 bits per heavy atom. The van der Waals surface area contributed by atoms with Crippen LogP contribution in [0.1, 0.15) is 28.3 Å². The van der Waals surface area contributed by atoms with Crippen molar-refractivity contribution in [2.45, 2.75) is 39.7 Å². The average Bonchev–Trinajstić information content (AvgIpc) is 3.47. The number of hydrogen-bond acceptors (Lipinski definition) is 6. The smallest absolute Gasteiger partial charge is 0.171 e. The Morgan fingerprint density at radius 1 is 1.20 bits per heavy atom. The fourth-order valence-electron chi connectivity index (χ4n) is 4.40. The van der Waals surface area contributed by atoms with Crippen LogP contribution < -0.4 is 4.74 Å². The van der Waals surface area contributed by atoms with E-state index in [9.17, 15) is 5.11 Å². The van der Waals surface area contributed by atoms with Crippen molar-refractivity contribution in [2.75, 3.05) is 13.2 Å². The monoisotopic (exact) mass is 404 g/mol. The van der Waals surface area contributed by atoms with E-state index in [4.69, 9.17) is 9.72 Å². The predicted molar refractivity (Wildman–Crippen MR) is 112 cm³/mol. The standard InChI is InChI=1S/C22H24N6O2/c1-14-21(15(2)28(26-14)9-10-29)18-12-23-20(27-13-24-25-22(18)27)7-6-16-4-3-5-19-17(16)8-11-30-19/h3-5,12-13,29H,6-11H2,1-2H3. The molecule has 0 atom stereocenters. The molecule has 0 unspecified atom stereocenters. The topological polar surface area (TPSA) is 90.4 Å². The first-order valence-corrected chi connectivity index (χ1v) is 10.2. The summed E-state index contributed by atoms with van der Waals surface area (Å²) in [6.07, 6.45) is 6.24. The lowest BCUT2D eigenvalue weighted by Gasteiger charge is -2.10. The van der Waals surface area contributed by atoms with Gasteiger partial charge < -0.3 is 9.84 Å². The maximum atomic E-state index is 9.29. The highest BCUT2D eigenvalue weighted by Gasteiger charge is 2.20. The van der Waals surface area contributed by atoms with Crippen molar-refractivity contribution >= 4 is 5.65 Å². The third-order valence-electron chi connectivity index (χ3n) is 5.83. The van der Waals surface area contributed by atoms with Gasteiger partial charge in [0.2, 0.25) is 0 Å². The van der Waals surface area contributed by atoms with Crippen LogP contribution >= 0.6 is 0 Å². The highest BCUT2D eigenvalue weighted by atomic mass is 16.5. The van der Waals surface area contributed by atoms with Gasteiger partial charge in [0.05, 0.1) is 25.5 Å². The van der Waals surface area contributed by atoms with Gasteiger partial charge in [-0.25, -0.2) is 4.98 Å². The zero-order chi connectivity index (χ0) is 20.7. The summed E-state index contributed by atoms with van der Waals surface area (Å²) < 4.78 is 9.48. The lowest BCUT2D eigenvalue weighted by Crippen LogP contribution is -2.06.